The molecule has 0 aliphatic heterocycles. The van der Waals surface area contributed by atoms with Crippen molar-refractivity contribution in [3.63, 3.8) is 0 Å². The van der Waals surface area contributed by atoms with Crippen LogP contribution in [0.2, 0.25) is 0 Å². The molecule has 0 spiro atoms. The fourth-order valence-corrected chi connectivity index (χ4v) is 1.45. The molecule has 0 aromatic heterocycles. The summed E-state index contributed by atoms with van der Waals surface area (Å²) >= 11 is 4.88. The van der Waals surface area contributed by atoms with Crippen LogP contribution >= 0.6 is 12.2 Å². The van der Waals surface area contributed by atoms with Crippen LogP contribution in [0.25, 0.3) is 0 Å². The number of carbonyl (C=O) groups is 2. The fourth-order valence-electron chi connectivity index (χ4n) is 1.07. The van der Waals surface area contributed by atoms with E-state index in [2.05, 4.69) is 5.32 Å². The molecule has 0 aromatic rings. The third-order valence-corrected chi connectivity index (χ3v) is 2.09. The molecule has 0 atom stereocenters. The second-order valence-corrected chi connectivity index (χ2v) is 3.09. The normalized spacial score (nSPS) is 9.80. The maximum atomic E-state index is 10.7. The first-order valence-corrected chi connectivity index (χ1v) is 4.86. The van der Waals surface area contributed by atoms with E-state index >= 15 is 0 Å². The highest BCUT2D eigenvalue weighted by Gasteiger charge is 2.33. The minimum atomic E-state index is -1.64. The zero-order valence-corrected chi connectivity index (χ0v) is 9.37. The second kappa shape index (κ2) is 6.18. The number of aliphatic carboxylic acids is 2. The summed E-state index contributed by atoms with van der Waals surface area (Å²) in [5.41, 5.74) is 0. The van der Waals surface area contributed by atoms with Crippen molar-refractivity contribution >= 4 is 29.3 Å². The summed E-state index contributed by atoms with van der Waals surface area (Å²) in [5.74, 6) is -2.85. The molecular formula is C8H14N2O4S. The van der Waals surface area contributed by atoms with Crippen molar-refractivity contribution in [2.24, 2.45) is 0 Å². The van der Waals surface area contributed by atoms with Crippen molar-refractivity contribution < 1.29 is 19.8 Å². The van der Waals surface area contributed by atoms with Crippen molar-refractivity contribution in [3.05, 3.63) is 0 Å². The lowest BCUT2D eigenvalue weighted by molar-refractivity contribution is -0.154. The number of rotatable bonds is 5. The Balaban J connectivity index is 4.82. The smallest absolute Gasteiger partial charge is 0.338 e. The first-order chi connectivity index (χ1) is 6.95. The molecule has 0 aliphatic carbocycles. The van der Waals surface area contributed by atoms with E-state index in [-0.39, 0.29) is 11.7 Å². The van der Waals surface area contributed by atoms with Gasteiger partial charge in [-0.15, -0.1) is 0 Å². The Labute approximate surface area is 92.9 Å². The molecular weight excluding hydrogens is 220 g/mol. The van der Waals surface area contributed by atoms with Gasteiger partial charge in [0.15, 0.2) is 5.11 Å². The number of hydrogen-bond donors (Lipinski definition) is 3. The van der Waals surface area contributed by atoms with E-state index in [9.17, 15) is 9.59 Å². The lowest BCUT2D eigenvalue weighted by Crippen LogP contribution is -2.53. The summed E-state index contributed by atoms with van der Waals surface area (Å²) in [6.45, 7) is 4.16. The van der Waals surface area contributed by atoms with Crippen LogP contribution in [0, 0.1) is 0 Å². The molecule has 0 heterocycles. The first-order valence-electron chi connectivity index (χ1n) is 4.45. The van der Waals surface area contributed by atoms with Gasteiger partial charge >= 0.3 is 11.9 Å². The van der Waals surface area contributed by atoms with Crippen molar-refractivity contribution in [1.29, 1.82) is 0 Å². The predicted molar refractivity (Wildman–Crippen MR) is 57.7 cm³/mol. The highest BCUT2D eigenvalue weighted by Crippen LogP contribution is 2.01. The molecule has 15 heavy (non-hydrogen) atoms. The maximum Gasteiger partial charge on any atom is 0.338 e. The van der Waals surface area contributed by atoms with Gasteiger partial charge in [0, 0.05) is 13.1 Å². The van der Waals surface area contributed by atoms with Gasteiger partial charge in [0.1, 0.15) is 0 Å². The Hall–Kier alpha value is -1.37. The number of carboxylic acid groups (broad SMARTS) is 2. The lowest BCUT2D eigenvalue weighted by Gasteiger charge is -2.27. The molecule has 0 saturated heterocycles. The SMILES string of the molecule is CCNC(=S)N(CC)C(C(=O)O)C(=O)O. The molecule has 0 radical (unpaired) electrons. The number of likely N-dealkylation sites (N-methyl/N-ethyl adjacent to an activating group) is 1. The molecule has 3 N–H and O–H groups in total. The van der Waals surface area contributed by atoms with Gasteiger partial charge < -0.3 is 20.4 Å². The Morgan fingerprint density at radius 3 is 2.07 bits per heavy atom. The van der Waals surface area contributed by atoms with Crippen molar-refractivity contribution in [3.8, 4) is 0 Å². The summed E-state index contributed by atoms with van der Waals surface area (Å²) in [4.78, 5) is 22.6. The van der Waals surface area contributed by atoms with Crippen LogP contribution in [0.5, 0.6) is 0 Å². The van der Waals surface area contributed by atoms with E-state index in [0.29, 0.717) is 6.54 Å². The van der Waals surface area contributed by atoms with E-state index in [4.69, 9.17) is 22.4 Å². The quantitative estimate of drug-likeness (QED) is 0.446. The Kier molecular flexibility index (Phi) is 5.61. The van der Waals surface area contributed by atoms with Crippen molar-refractivity contribution in [2.75, 3.05) is 13.1 Å². The molecule has 0 rings (SSSR count). The second-order valence-electron chi connectivity index (χ2n) is 2.70. The van der Waals surface area contributed by atoms with Gasteiger partial charge in [-0.05, 0) is 26.1 Å². The lowest BCUT2D eigenvalue weighted by atomic mass is 10.2. The number of carboxylic acids is 2. The molecule has 0 fully saturated rings. The Morgan fingerprint density at radius 1 is 1.33 bits per heavy atom. The van der Waals surface area contributed by atoms with E-state index in [1.807, 2.05) is 0 Å². The number of hydrogen-bond acceptors (Lipinski definition) is 3. The first kappa shape index (κ1) is 13.6. The van der Waals surface area contributed by atoms with Crippen LogP contribution in [0.1, 0.15) is 13.8 Å². The van der Waals surface area contributed by atoms with Gasteiger partial charge in [-0.25, -0.2) is 9.59 Å². The fraction of sp³-hybridized carbons (Fsp3) is 0.625. The summed E-state index contributed by atoms with van der Waals surface area (Å²) in [7, 11) is 0. The summed E-state index contributed by atoms with van der Waals surface area (Å²) in [6.07, 6.45) is 0. The average molecular weight is 234 g/mol. The van der Waals surface area contributed by atoms with Crippen molar-refractivity contribution in [2.45, 2.75) is 19.9 Å². The minimum Gasteiger partial charge on any atom is -0.479 e. The largest absolute Gasteiger partial charge is 0.479 e. The number of thiocarbonyl (C=S) groups is 1. The zero-order valence-electron chi connectivity index (χ0n) is 8.56. The predicted octanol–water partition coefficient (Wildman–Crippen LogP) is -0.259. The molecule has 6 nitrogen and oxygen atoms in total. The van der Waals surface area contributed by atoms with E-state index in [0.717, 1.165) is 4.90 Å². The average Bonchev–Trinajstić information content (AvgIpc) is 2.12. The standard InChI is InChI=1S/C8H14N2O4S/c1-3-9-8(15)10(4-2)5(6(11)12)7(13)14/h5H,3-4H2,1-2H3,(H,9,15)(H,11,12)(H,13,14). The van der Waals surface area contributed by atoms with Gasteiger partial charge in [-0.2, -0.15) is 0 Å². The van der Waals surface area contributed by atoms with Crippen LogP contribution in [0.4, 0.5) is 0 Å². The molecule has 7 heteroatoms. The molecule has 0 aromatic carbocycles. The Bertz CT molecular complexity index is 255. The van der Waals surface area contributed by atoms with Gasteiger partial charge in [0.2, 0.25) is 6.04 Å². The highest BCUT2D eigenvalue weighted by atomic mass is 32.1. The monoisotopic (exact) mass is 234 g/mol. The molecule has 0 aliphatic rings. The minimum absolute atomic E-state index is 0.134. The van der Waals surface area contributed by atoms with E-state index < -0.39 is 18.0 Å². The molecule has 0 saturated carbocycles. The number of nitrogens with zero attached hydrogens (tertiary/aromatic N) is 1. The molecule has 0 unspecified atom stereocenters. The van der Waals surface area contributed by atoms with Gasteiger partial charge in [0.25, 0.3) is 0 Å². The van der Waals surface area contributed by atoms with Crippen LogP contribution in [0.15, 0.2) is 0 Å². The van der Waals surface area contributed by atoms with Crippen molar-refractivity contribution in [1.82, 2.24) is 10.2 Å². The van der Waals surface area contributed by atoms with Crippen LogP contribution < -0.4 is 5.32 Å². The highest BCUT2D eigenvalue weighted by molar-refractivity contribution is 7.80. The summed E-state index contributed by atoms with van der Waals surface area (Å²) in [5, 5.41) is 20.4. The molecule has 0 amide bonds. The maximum absolute atomic E-state index is 10.7. The van der Waals surface area contributed by atoms with Gasteiger partial charge in [0.05, 0.1) is 0 Å². The van der Waals surface area contributed by atoms with Gasteiger partial charge in [-0.1, -0.05) is 0 Å². The third kappa shape index (κ3) is 3.70. The number of nitrogens with one attached hydrogen (secondary N) is 1. The topological polar surface area (TPSA) is 89.9 Å². The Morgan fingerprint density at radius 2 is 1.80 bits per heavy atom. The van der Waals surface area contributed by atoms with Gasteiger partial charge in [-0.3, -0.25) is 0 Å². The molecule has 86 valence electrons. The zero-order chi connectivity index (χ0) is 12.0. The van der Waals surface area contributed by atoms with Crippen LogP contribution in [-0.4, -0.2) is 51.3 Å². The van der Waals surface area contributed by atoms with Crippen LogP contribution in [0.3, 0.4) is 0 Å². The van der Waals surface area contributed by atoms with E-state index in [1.54, 1.807) is 13.8 Å². The third-order valence-electron chi connectivity index (χ3n) is 1.71. The molecule has 0 bridgehead atoms. The summed E-state index contributed by atoms with van der Waals surface area (Å²) < 4.78 is 0. The summed E-state index contributed by atoms with van der Waals surface area (Å²) in [6, 6.07) is -1.64. The van der Waals surface area contributed by atoms with E-state index in [1.165, 1.54) is 0 Å². The van der Waals surface area contributed by atoms with Crippen LogP contribution in [-0.2, 0) is 9.59 Å².